The molecule has 10 heteroatoms. The van der Waals surface area contributed by atoms with Gasteiger partial charge in [-0.25, -0.2) is 15.6 Å². The monoisotopic (exact) mass is 534 g/mol. The number of pyridine rings is 1. The number of halogens is 3. The van der Waals surface area contributed by atoms with Crippen LogP contribution in [-0.4, -0.2) is 51.2 Å². The number of fused-ring (bicyclic) bond motifs is 1. The number of hydrazine groups is 1. The number of alkyl halides is 3. The molecule has 0 spiro atoms. The molecule has 0 amide bonds. The number of hydrogen-bond acceptors (Lipinski definition) is 5. The van der Waals surface area contributed by atoms with Crippen LogP contribution in [0.5, 0.6) is 0 Å². The van der Waals surface area contributed by atoms with E-state index in [0.29, 0.717) is 35.9 Å². The van der Waals surface area contributed by atoms with Gasteiger partial charge in [-0.05, 0) is 82.0 Å². The molecule has 4 heterocycles. The van der Waals surface area contributed by atoms with Gasteiger partial charge < -0.3 is 0 Å². The van der Waals surface area contributed by atoms with Gasteiger partial charge >= 0.3 is 11.9 Å². The third kappa shape index (κ3) is 4.82. The highest BCUT2D eigenvalue weighted by atomic mass is 19.4. The fourth-order valence-corrected chi connectivity index (χ4v) is 7.70. The predicted octanol–water partition coefficient (Wildman–Crippen LogP) is 4.57. The molecule has 5 atom stereocenters. The van der Waals surface area contributed by atoms with Crippen LogP contribution in [0, 0.1) is 17.8 Å². The average molecular weight is 535 g/mol. The molecule has 0 radical (unpaired) electrons. The molecule has 2 aromatic heterocycles. The maximum atomic E-state index is 14.2. The molecule has 2 saturated carbocycles. The van der Waals surface area contributed by atoms with Gasteiger partial charge in [-0.15, -0.1) is 0 Å². The SMILES string of the molecule is C[C@H]1CCCN1Cc1cc(C(F)(F)F)c2cn(C3CCCC([C@H](C4CCC4)C4NNCN4C)C3)c(=O)n2c1. The van der Waals surface area contributed by atoms with Crippen LogP contribution in [0.4, 0.5) is 13.2 Å². The van der Waals surface area contributed by atoms with E-state index in [1.165, 1.54) is 35.9 Å². The van der Waals surface area contributed by atoms with Crippen LogP contribution < -0.4 is 16.5 Å². The van der Waals surface area contributed by atoms with Gasteiger partial charge in [-0.1, -0.05) is 25.7 Å². The van der Waals surface area contributed by atoms with Crippen LogP contribution in [0.15, 0.2) is 23.3 Å². The highest BCUT2D eigenvalue weighted by Gasteiger charge is 2.44. The second kappa shape index (κ2) is 10.3. The quantitative estimate of drug-likeness (QED) is 0.569. The lowest BCUT2D eigenvalue weighted by Gasteiger charge is -2.46. The van der Waals surface area contributed by atoms with E-state index >= 15 is 0 Å². The van der Waals surface area contributed by atoms with Crippen molar-refractivity contribution in [2.75, 3.05) is 20.3 Å². The molecule has 2 saturated heterocycles. The van der Waals surface area contributed by atoms with Crippen molar-refractivity contribution in [3.63, 3.8) is 0 Å². The van der Waals surface area contributed by atoms with E-state index in [9.17, 15) is 18.0 Å². The Bertz CT molecular complexity index is 1200. The summed E-state index contributed by atoms with van der Waals surface area (Å²) < 4.78 is 45.6. The van der Waals surface area contributed by atoms with Gasteiger partial charge in [0.05, 0.1) is 23.9 Å². The van der Waals surface area contributed by atoms with Crippen molar-refractivity contribution >= 4 is 5.52 Å². The number of hydrogen-bond donors (Lipinski definition) is 2. The van der Waals surface area contributed by atoms with E-state index in [0.717, 1.165) is 51.7 Å². The summed E-state index contributed by atoms with van der Waals surface area (Å²) in [7, 11) is 2.13. The van der Waals surface area contributed by atoms with Crippen LogP contribution in [-0.2, 0) is 12.7 Å². The van der Waals surface area contributed by atoms with Crippen molar-refractivity contribution in [1.29, 1.82) is 0 Å². The first-order chi connectivity index (χ1) is 18.2. The molecule has 38 heavy (non-hydrogen) atoms. The molecule has 2 aliphatic heterocycles. The predicted molar refractivity (Wildman–Crippen MR) is 140 cm³/mol. The lowest BCUT2D eigenvalue weighted by molar-refractivity contribution is -0.136. The molecule has 3 unspecified atom stereocenters. The molecule has 0 aromatic carbocycles. The van der Waals surface area contributed by atoms with E-state index < -0.39 is 11.7 Å². The zero-order valence-corrected chi connectivity index (χ0v) is 22.5. The van der Waals surface area contributed by atoms with Crippen molar-refractivity contribution in [2.45, 2.75) is 95.7 Å². The van der Waals surface area contributed by atoms with Crippen LogP contribution in [0.1, 0.15) is 81.9 Å². The highest BCUT2D eigenvalue weighted by Crippen LogP contribution is 2.47. The van der Waals surface area contributed by atoms with Gasteiger partial charge in [0.25, 0.3) is 0 Å². The molecular weight excluding hydrogens is 493 g/mol. The van der Waals surface area contributed by atoms with Gasteiger partial charge in [0.1, 0.15) is 0 Å². The lowest BCUT2D eigenvalue weighted by Crippen LogP contribution is -2.50. The Kier molecular flexibility index (Phi) is 7.12. The molecule has 4 fully saturated rings. The number of aromatic nitrogens is 2. The Labute approximate surface area is 222 Å². The van der Waals surface area contributed by atoms with E-state index in [4.69, 9.17) is 0 Å². The van der Waals surface area contributed by atoms with E-state index in [1.54, 1.807) is 10.8 Å². The standard InChI is InChI=1S/C28H41F3N6O/c1-18-6-5-11-35(18)14-19-12-23(28(29,30)31)24-16-36(27(38)37(24)15-19)22-10-4-9-21(13-22)25(20-7-3-8-20)26-33-32-17-34(26)2/h12,15-16,18,20-22,25-26,32-33H,3-11,13-14,17H2,1-2H3/t18-,21?,22?,25-,26?/m0/s1. The first-order valence-electron chi connectivity index (χ1n) is 14.5. The first kappa shape index (κ1) is 26.3. The van der Waals surface area contributed by atoms with Gasteiger partial charge in [0, 0.05) is 31.0 Å². The Hall–Kier alpha value is -1.88. The second-order valence-corrected chi connectivity index (χ2v) is 12.3. The van der Waals surface area contributed by atoms with E-state index in [1.807, 2.05) is 0 Å². The highest BCUT2D eigenvalue weighted by molar-refractivity contribution is 5.56. The molecule has 210 valence electrons. The minimum Gasteiger partial charge on any atom is -0.296 e. The number of nitrogens with one attached hydrogen (secondary N) is 2. The van der Waals surface area contributed by atoms with Crippen molar-refractivity contribution < 1.29 is 13.2 Å². The Morgan fingerprint density at radius 1 is 1.05 bits per heavy atom. The molecule has 2 N–H and O–H groups in total. The van der Waals surface area contributed by atoms with Crippen molar-refractivity contribution in [1.82, 2.24) is 29.6 Å². The third-order valence-corrected chi connectivity index (χ3v) is 9.97. The zero-order chi connectivity index (χ0) is 26.6. The summed E-state index contributed by atoms with van der Waals surface area (Å²) in [5, 5.41) is 0. The summed E-state index contributed by atoms with van der Waals surface area (Å²) in [4.78, 5) is 18.2. The number of imidazole rings is 1. The fourth-order valence-electron chi connectivity index (χ4n) is 7.70. The van der Waals surface area contributed by atoms with Crippen LogP contribution >= 0.6 is 0 Å². The zero-order valence-electron chi connectivity index (χ0n) is 22.5. The second-order valence-electron chi connectivity index (χ2n) is 12.3. The fraction of sp³-hybridized carbons (Fsp3) is 0.750. The van der Waals surface area contributed by atoms with Gasteiger partial charge in [0.15, 0.2) is 0 Å². The van der Waals surface area contributed by atoms with Crippen LogP contribution in [0.25, 0.3) is 5.52 Å². The Morgan fingerprint density at radius 3 is 2.45 bits per heavy atom. The molecule has 4 aliphatic rings. The van der Waals surface area contributed by atoms with E-state index in [-0.39, 0.29) is 23.4 Å². The van der Waals surface area contributed by atoms with Crippen LogP contribution in [0.3, 0.4) is 0 Å². The van der Waals surface area contributed by atoms with Gasteiger partial charge in [-0.2, -0.15) is 13.2 Å². The smallest absolute Gasteiger partial charge is 0.296 e. The third-order valence-electron chi connectivity index (χ3n) is 9.97. The topological polar surface area (TPSA) is 57.0 Å². The molecule has 0 bridgehead atoms. The maximum Gasteiger partial charge on any atom is 0.418 e. The summed E-state index contributed by atoms with van der Waals surface area (Å²) in [5.74, 6) is 1.57. The van der Waals surface area contributed by atoms with E-state index in [2.05, 4.69) is 34.6 Å². The molecule has 2 aliphatic carbocycles. The molecule has 2 aromatic rings. The number of nitrogens with zero attached hydrogens (tertiary/aromatic N) is 4. The minimum atomic E-state index is -4.52. The molecular formula is C28H41F3N6O. The summed E-state index contributed by atoms with van der Waals surface area (Å²) >= 11 is 0. The number of rotatable bonds is 6. The van der Waals surface area contributed by atoms with Crippen molar-refractivity contribution in [3.05, 3.63) is 40.1 Å². The molecule has 7 nitrogen and oxygen atoms in total. The van der Waals surface area contributed by atoms with Crippen molar-refractivity contribution in [3.8, 4) is 0 Å². The lowest BCUT2D eigenvalue weighted by atomic mass is 9.65. The first-order valence-corrected chi connectivity index (χ1v) is 14.5. The summed E-state index contributed by atoms with van der Waals surface area (Å²) in [5.41, 5.74) is 6.22. The maximum absolute atomic E-state index is 14.2. The van der Waals surface area contributed by atoms with Crippen LogP contribution in [0.2, 0.25) is 0 Å². The minimum absolute atomic E-state index is 0.0280. The Morgan fingerprint density at radius 2 is 1.82 bits per heavy atom. The number of likely N-dealkylation sites (tertiary alicyclic amines) is 1. The largest absolute Gasteiger partial charge is 0.418 e. The summed E-state index contributed by atoms with van der Waals surface area (Å²) in [6, 6.07) is 1.52. The average Bonchev–Trinajstić information content (AvgIpc) is 3.55. The van der Waals surface area contributed by atoms with Gasteiger partial charge in [0.2, 0.25) is 0 Å². The molecule has 6 rings (SSSR count). The normalized spacial score (nSPS) is 30.8. The van der Waals surface area contributed by atoms with Crippen molar-refractivity contribution in [2.24, 2.45) is 17.8 Å². The summed E-state index contributed by atoms with van der Waals surface area (Å²) in [6.07, 6.45) is 8.48. The summed E-state index contributed by atoms with van der Waals surface area (Å²) in [6.45, 7) is 4.22. The van der Waals surface area contributed by atoms with Gasteiger partial charge in [-0.3, -0.25) is 18.8 Å². The Balaban J connectivity index is 1.32.